The number of benzene rings is 2. The Kier molecular flexibility index (Phi) is 9.28. The van der Waals surface area contributed by atoms with E-state index in [-0.39, 0.29) is 55.3 Å². The van der Waals surface area contributed by atoms with E-state index in [1.54, 1.807) is 24.3 Å². The molecule has 3 aliphatic rings. The van der Waals surface area contributed by atoms with Gasteiger partial charge in [-0.1, -0.05) is 48.6 Å². The van der Waals surface area contributed by atoms with E-state index in [4.69, 9.17) is 14.9 Å². The average molecular weight is 569 g/mol. The molecule has 0 spiro atoms. The summed E-state index contributed by atoms with van der Waals surface area (Å²) >= 11 is 0. The number of hydrogen-bond donors (Lipinski definition) is 3. The van der Waals surface area contributed by atoms with Crippen LogP contribution in [0.5, 0.6) is 5.75 Å². The van der Waals surface area contributed by atoms with Gasteiger partial charge in [0.15, 0.2) is 0 Å². The van der Waals surface area contributed by atoms with Crippen molar-refractivity contribution in [1.82, 2.24) is 15.6 Å². The van der Waals surface area contributed by atoms with Crippen molar-refractivity contribution >= 4 is 23.4 Å². The molecule has 0 radical (unpaired) electrons. The summed E-state index contributed by atoms with van der Waals surface area (Å²) in [6.07, 6.45) is 15.9. The summed E-state index contributed by atoms with van der Waals surface area (Å²) in [6, 6.07) is 12.8. The Morgan fingerprint density at radius 3 is 2.33 bits per heavy atom. The van der Waals surface area contributed by atoms with Crippen molar-refractivity contribution in [3.05, 3.63) is 90.0 Å². The number of methoxy groups -OCH3 is 1. The first kappa shape index (κ1) is 29.0. The Balaban J connectivity index is 1.44. The molecule has 0 unspecified atom stereocenters. The largest absolute Gasteiger partial charge is 0.496 e. The number of fused-ring (bicyclic) bond motifs is 1. The first-order valence-electron chi connectivity index (χ1n) is 14.3. The SMILES string of the molecule is COc1ccc(C2=NN(C3C=CCCC=C3)C(=O)[C@@H]3CC=CC[C@H]23)cc1-c1ccc(C(=O)NCC(=O)NCCO)cc1. The minimum absolute atomic E-state index is 0.0145. The molecular formula is C33H36N4O5. The number of hydrazone groups is 1. The second-order valence-electron chi connectivity index (χ2n) is 10.5. The number of rotatable bonds is 9. The lowest BCUT2D eigenvalue weighted by molar-refractivity contribution is -0.138. The Morgan fingerprint density at radius 2 is 1.64 bits per heavy atom. The highest BCUT2D eigenvalue weighted by Gasteiger charge is 2.41. The van der Waals surface area contributed by atoms with Gasteiger partial charge in [0.05, 0.1) is 37.9 Å². The summed E-state index contributed by atoms with van der Waals surface area (Å²) in [5.41, 5.74) is 3.91. The molecule has 9 nitrogen and oxygen atoms in total. The van der Waals surface area contributed by atoms with Crippen molar-refractivity contribution in [3.8, 4) is 16.9 Å². The van der Waals surface area contributed by atoms with Crippen LogP contribution in [-0.4, -0.2) is 66.4 Å². The van der Waals surface area contributed by atoms with Gasteiger partial charge in [0.25, 0.3) is 5.91 Å². The molecule has 0 bridgehead atoms. The number of carbonyl (C=O) groups is 3. The van der Waals surface area contributed by atoms with Gasteiger partial charge in [-0.15, -0.1) is 0 Å². The molecule has 0 saturated heterocycles. The zero-order valence-corrected chi connectivity index (χ0v) is 23.7. The standard InChI is InChI=1S/C33H36N4O5/c1-42-29-17-16-24(20-28(29)22-12-14-23(15-13-22)32(40)35-21-30(39)34-18-19-38)31-26-10-6-7-11-27(26)33(41)37(36-31)25-8-4-2-3-5-9-25/h4-9,12-17,20,25-27,38H,2-3,10-11,18-19,21H2,1H3,(H,34,39)(H,35,40)/t26-,27+/m0/s1. The Bertz CT molecular complexity index is 1430. The van der Waals surface area contributed by atoms with Crippen molar-refractivity contribution < 1.29 is 24.2 Å². The minimum Gasteiger partial charge on any atom is -0.496 e. The van der Waals surface area contributed by atoms with E-state index >= 15 is 0 Å². The van der Waals surface area contributed by atoms with Crippen LogP contribution in [0, 0.1) is 11.8 Å². The van der Waals surface area contributed by atoms with E-state index in [9.17, 15) is 14.4 Å². The second-order valence-corrected chi connectivity index (χ2v) is 10.5. The number of hydrogen-bond acceptors (Lipinski definition) is 6. The zero-order valence-electron chi connectivity index (χ0n) is 23.7. The molecule has 3 N–H and O–H groups in total. The maximum Gasteiger partial charge on any atom is 0.251 e. The highest BCUT2D eigenvalue weighted by molar-refractivity contribution is 6.08. The number of amides is 3. The topological polar surface area (TPSA) is 120 Å². The quantitative estimate of drug-likeness (QED) is 0.400. The van der Waals surface area contributed by atoms with Gasteiger partial charge < -0.3 is 20.5 Å². The van der Waals surface area contributed by atoms with Gasteiger partial charge in [-0.05, 0) is 67.1 Å². The maximum atomic E-state index is 13.6. The molecule has 2 aromatic carbocycles. The zero-order chi connectivity index (χ0) is 29.5. The molecular weight excluding hydrogens is 532 g/mol. The molecule has 9 heteroatoms. The number of aliphatic hydroxyl groups is 1. The van der Waals surface area contributed by atoms with Gasteiger partial charge in [-0.25, -0.2) is 5.01 Å². The number of aliphatic hydroxyl groups excluding tert-OH is 1. The van der Waals surface area contributed by atoms with Crippen LogP contribution in [-0.2, 0) is 9.59 Å². The van der Waals surface area contributed by atoms with Crippen LogP contribution in [0.1, 0.15) is 41.6 Å². The minimum atomic E-state index is -0.374. The molecule has 0 saturated carbocycles. The van der Waals surface area contributed by atoms with E-state index in [1.165, 1.54) is 0 Å². The molecule has 2 aromatic rings. The fourth-order valence-electron chi connectivity index (χ4n) is 5.59. The van der Waals surface area contributed by atoms with Gasteiger partial charge in [-0.2, -0.15) is 5.10 Å². The van der Waals surface area contributed by atoms with Gasteiger partial charge in [0.1, 0.15) is 5.75 Å². The molecule has 42 heavy (non-hydrogen) atoms. The summed E-state index contributed by atoms with van der Waals surface area (Å²) in [5.74, 6) is -0.191. The van der Waals surface area contributed by atoms with Crippen molar-refractivity contribution in [2.75, 3.05) is 26.8 Å². The highest BCUT2D eigenvalue weighted by atomic mass is 16.5. The molecule has 0 aromatic heterocycles. The van der Waals surface area contributed by atoms with Crippen molar-refractivity contribution in [3.63, 3.8) is 0 Å². The number of nitrogens with zero attached hydrogens (tertiary/aromatic N) is 2. The van der Waals surface area contributed by atoms with Gasteiger partial charge >= 0.3 is 0 Å². The molecule has 0 fully saturated rings. The van der Waals surface area contributed by atoms with Crippen LogP contribution in [0.4, 0.5) is 0 Å². The van der Waals surface area contributed by atoms with Crippen molar-refractivity contribution in [1.29, 1.82) is 0 Å². The molecule has 218 valence electrons. The van der Waals surface area contributed by atoms with E-state index in [0.717, 1.165) is 41.7 Å². The number of carbonyl (C=O) groups excluding carboxylic acids is 3. The summed E-state index contributed by atoms with van der Waals surface area (Å²) in [7, 11) is 1.62. The monoisotopic (exact) mass is 568 g/mol. The van der Waals surface area contributed by atoms with Crippen LogP contribution in [0.15, 0.2) is 84.0 Å². The summed E-state index contributed by atoms with van der Waals surface area (Å²) < 4.78 is 5.70. The lowest BCUT2D eigenvalue weighted by atomic mass is 9.76. The smallest absolute Gasteiger partial charge is 0.251 e. The third-order valence-corrected chi connectivity index (χ3v) is 7.79. The van der Waals surface area contributed by atoms with Crippen molar-refractivity contribution in [2.45, 2.75) is 31.7 Å². The van der Waals surface area contributed by atoms with E-state index in [1.807, 2.05) is 30.3 Å². The predicted octanol–water partition coefficient (Wildman–Crippen LogP) is 3.60. The summed E-state index contributed by atoms with van der Waals surface area (Å²) in [6.45, 7) is -0.206. The first-order chi connectivity index (χ1) is 20.5. The van der Waals surface area contributed by atoms with Crippen molar-refractivity contribution in [2.24, 2.45) is 16.9 Å². The summed E-state index contributed by atoms with van der Waals surface area (Å²) in [4.78, 5) is 37.9. The fraction of sp³-hybridized carbons (Fsp3) is 0.333. The number of nitrogens with one attached hydrogen (secondary N) is 2. The average Bonchev–Trinajstić information content (AvgIpc) is 3.32. The molecule has 2 aliphatic carbocycles. The van der Waals surface area contributed by atoms with Crippen LogP contribution in [0.3, 0.4) is 0 Å². The van der Waals surface area contributed by atoms with E-state index in [2.05, 4.69) is 47.1 Å². The fourth-order valence-corrected chi connectivity index (χ4v) is 5.59. The van der Waals surface area contributed by atoms with E-state index in [0.29, 0.717) is 17.7 Å². The predicted molar refractivity (Wildman–Crippen MR) is 161 cm³/mol. The third-order valence-electron chi connectivity index (χ3n) is 7.79. The second kappa shape index (κ2) is 13.4. The first-order valence-corrected chi connectivity index (χ1v) is 14.3. The highest BCUT2D eigenvalue weighted by Crippen LogP contribution is 2.38. The Morgan fingerprint density at radius 1 is 0.952 bits per heavy atom. The molecule has 1 aliphatic heterocycles. The van der Waals surface area contributed by atoms with Crippen LogP contribution < -0.4 is 15.4 Å². The van der Waals surface area contributed by atoms with Gasteiger partial charge in [0, 0.05) is 23.6 Å². The van der Waals surface area contributed by atoms with E-state index < -0.39 is 0 Å². The van der Waals surface area contributed by atoms with Crippen LogP contribution in [0.25, 0.3) is 11.1 Å². The number of ether oxygens (including phenoxy) is 1. The lowest BCUT2D eigenvalue weighted by Gasteiger charge is -2.38. The maximum absolute atomic E-state index is 13.6. The van der Waals surface area contributed by atoms with Crippen LogP contribution >= 0.6 is 0 Å². The molecule has 2 atom stereocenters. The lowest BCUT2D eigenvalue weighted by Crippen LogP contribution is -2.48. The molecule has 3 amide bonds. The number of allylic oxidation sites excluding steroid dienone is 4. The Hall–Kier alpha value is -4.50. The third kappa shape index (κ3) is 6.36. The van der Waals surface area contributed by atoms with Crippen LogP contribution in [0.2, 0.25) is 0 Å². The molecule has 1 heterocycles. The van der Waals surface area contributed by atoms with Gasteiger partial charge in [-0.3, -0.25) is 14.4 Å². The Labute approximate surface area is 245 Å². The molecule has 5 rings (SSSR count). The normalized spacial score (nSPS) is 20.0. The van der Waals surface area contributed by atoms with Gasteiger partial charge in [0.2, 0.25) is 11.8 Å². The summed E-state index contributed by atoms with van der Waals surface area (Å²) in [5, 5.41) is 20.5.